The first kappa shape index (κ1) is 15.2. The first-order valence-corrected chi connectivity index (χ1v) is 7.44. The van der Waals surface area contributed by atoms with Crippen molar-refractivity contribution in [2.45, 2.75) is 26.5 Å². The van der Waals surface area contributed by atoms with Crippen LogP contribution in [0.5, 0.6) is 5.75 Å². The molecule has 23 heavy (non-hydrogen) atoms. The van der Waals surface area contributed by atoms with Gasteiger partial charge in [0.1, 0.15) is 11.6 Å². The standard InChI is InChI=1S/C18H17FN2O2/c1-12(2)23-17-6-4-3-5-13(17)10-21-11-20-16-9-14(19)7-8-15(16)18(21)22/h3-9,11-12H,10H2,1-2H3. The van der Waals surface area contributed by atoms with Crippen LogP contribution in [0.25, 0.3) is 10.9 Å². The van der Waals surface area contributed by atoms with E-state index in [0.29, 0.717) is 17.4 Å². The topological polar surface area (TPSA) is 44.1 Å². The van der Waals surface area contributed by atoms with E-state index in [-0.39, 0.29) is 11.7 Å². The predicted octanol–water partition coefficient (Wildman–Crippen LogP) is 3.37. The van der Waals surface area contributed by atoms with Gasteiger partial charge in [-0.15, -0.1) is 0 Å². The fourth-order valence-corrected chi connectivity index (χ4v) is 2.43. The van der Waals surface area contributed by atoms with Crippen LogP contribution in [0.2, 0.25) is 0 Å². The van der Waals surface area contributed by atoms with Gasteiger partial charge in [0.25, 0.3) is 5.56 Å². The lowest BCUT2D eigenvalue weighted by Crippen LogP contribution is -2.21. The van der Waals surface area contributed by atoms with Crippen molar-refractivity contribution < 1.29 is 9.13 Å². The van der Waals surface area contributed by atoms with Gasteiger partial charge in [-0.1, -0.05) is 18.2 Å². The van der Waals surface area contributed by atoms with Crippen LogP contribution >= 0.6 is 0 Å². The maximum atomic E-state index is 13.2. The van der Waals surface area contributed by atoms with Gasteiger partial charge in [0.15, 0.2) is 0 Å². The number of halogens is 1. The highest BCUT2D eigenvalue weighted by Crippen LogP contribution is 2.20. The van der Waals surface area contributed by atoms with Gasteiger partial charge < -0.3 is 4.74 Å². The van der Waals surface area contributed by atoms with Crippen molar-refractivity contribution in [3.63, 3.8) is 0 Å². The first-order valence-electron chi connectivity index (χ1n) is 7.44. The largest absolute Gasteiger partial charge is 0.491 e. The molecule has 0 amide bonds. The minimum absolute atomic E-state index is 0.0468. The van der Waals surface area contributed by atoms with Crippen LogP contribution in [0.3, 0.4) is 0 Å². The van der Waals surface area contributed by atoms with Crippen molar-refractivity contribution in [3.8, 4) is 5.75 Å². The van der Waals surface area contributed by atoms with Gasteiger partial charge in [0.2, 0.25) is 0 Å². The second-order valence-corrected chi connectivity index (χ2v) is 5.61. The summed E-state index contributed by atoms with van der Waals surface area (Å²) in [5.41, 5.74) is 1.05. The van der Waals surface area contributed by atoms with Crippen LogP contribution < -0.4 is 10.3 Å². The van der Waals surface area contributed by atoms with Crippen molar-refractivity contribution in [2.75, 3.05) is 0 Å². The van der Waals surface area contributed by atoms with Crippen LogP contribution in [0.15, 0.2) is 53.6 Å². The SMILES string of the molecule is CC(C)Oc1ccccc1Cn1cnc2cc(F)ccc2c1=O. The zero-order valence-electron chi connectivity index (χ0n) is 13.0. The third kappa shape index (κ3) is 3.23. The second-order valence-electron chi connectivity index (χ2n) is 5.61. The molecule has 0 saturated carbocycles. The summed E-state index contributed by atoms with van der Waals surface area (Å²) >= 11 is 0. The smallest absolute Gasteiger partial charge is 0.261 e. The van der Waals surface area contributed by atoms with E-state index < -0.39 is 5.82 Å². The summed E-state index contributed by atoms with van der Waals surface area (Å²) in [6.07, 6.45) is 1.49. The average molecular weight is 312 g/mol. The Kier molecular flexibility index (Phi) is 4.10. The molecule has 0 spiro atoms. The molecule has 0 saturated heterocycles. The highest BCUT2D eigenvalue weighted by atomic mass is 19.1. The van der Waals surface area contributed by atoms with E-state index in [1.54, 1.807) is 0 Å². The third-order valence-corrected chi connectivity index (χ3v) is 3.46. The normalized spacial score (nSPS) is 11.1. The van der Waals surface area contributed by atoms with Crippen molar-refractivity contribution in [2.24, 2.45) is 0 Å². The van der Waals surface area contributed by atoms with Crippen LogP contribution in [0, 0.1) is 5.82 Å². The van der Waals surface area contributed by atoms with Gasteiger partial charge in [-0.2, -0.15) is 0 Å². The van der Waals surface area contributed by atoms with E-state index >= 15 is 0 Å². The number of ether oxygens (including phenoxy) is 1. The number of para-hydroxylation sites is 1. The molecule has 0 radical (unpaired) electrons. The molecule has 0 atom stereocenters. The van der Waals surface area contributed by atoms with Crippen molar-refractivity contribution in [3.05, 3.63) is 70.5 Å². The molecular weight excluding hydrogens is 295 g/mol. The van der Waals surface area contributed by atoms with Crippen LogP contribution in [0.1, 0.15) is 19.4 Å². The quantitative estimate of drug-likeness (QED) is 0.742. The number of aromatic nitrogens is 2. The maximum absolute atomic E-state index is 13.2. The molecule has 0 fully saturated rings. The molecule has 2 aromatic carbocycles. The molecule has 0 aliphatic rings. The molecule has 118 valence electrons. The first-order chi connectivity index (χ1) is 11.0. The molecular formula is C18H17FN2O2. The number of benzene rings is 2. The number of hydrogen-bond donors (Lipinski definition) is 0. The fraction of sp³-hybridized carbons (Fsp3) is 0.222. The van der Waals surface area contributed by atoms with Gasteiger partial charge in [-0.05, 0) is 32.0 Å². The second kappa shape index (κ2) is 6.20. The summed E-state index contributed by atoms with van der Waals surface area (Å²) < 4.78 is 20.5. The van der Waals surface area contributed by atoms with Crippen molar-refractivity contribution in [1.29, 1.82) is 0 Å². The molecule has 3 rings (SSSR count). The van der Waals surface area contributed by atoms with E-state index in [2.05, 4.69) is 4.98 Å². The molecule has 5 heteroatoms. The number of nitrogens with zero attached hydrogens (tertiary/aromatic N) is 2. The molecule has 4 nitrogen and oxygen atoms in total. The molecule has 0 N–H and O–H groups in total. The molecule has 0 aliphatic carbocycles. The van der Waals surface area contributed by atoms with E-state index in [4.69, 9.17) is 4.74 Å². The molecule has 0 bridgehead atoms. The van der Waals surface area contributed by atoms with Gasteiger partial charge in [0, 0.05) is 11.6 Å². The van der Waals surface area contributed by atoms with E-state index in [1.807, 2.05) is 38.1 Å². The monoisotopic (exact) mass is 312 g/mol. The Morgan fingerprint density at radius 3 is 2.78 bits per heavy atom. The lowest BCUT2D eigenvalue weighted by atomic mass is 10.2. The zero-order chi connectivity index (χ0) is 16.4. The Bertz CT molecular complexity index is 903. The molecule has 1 aromatic heterocycles. The summed E-state index contributed by atoms with van der Waals surface area (Å²) in [5.74, 6) is 0.339. The highest BCUT2D eigenvalue weighted by Gasteiger charge is 2.09. The summed E-state index contributed by atoms with van der Waals surface area (Å²) in [7, 11) is 0. The fourth-order valence-electron chi connectivity index (χ4n) is 2.43. The van der Waals surface area contributed by atoms with Gasteiger partial charge in [-0.25, -0.2) is 9.37 Å². The molecule has 0 aliphatic heterocycles. The lowest BCUT2D eigenvalue weighted by Gasteiger charge is -2.15. The average Bonchev–Trinajstić information content (AvgIpc) is 2.51. The summed E-state index contributed by atoms with van der Waals surface area (Å²) in [5, 5.41) is 0.399. The minimum atomic E-state index is -0.405. The predicted molar refractivity (Wildman–Crippen MR) is 87.3 cm³/mol. The van der Waals surface area contributed by atoms with Crippen LogP contribution in [0.4, 0.5) is 4.39 Å². The van der Waals surface area contributed by atoms with Crippen LogP contribution in [-0.2, 0) is 6.54 Å². The number of rotatable bonds is 4. The Hall–Kier alpha value is -2.69. The summed E-state index contributed by atoms with van der Waals surface area (Å²) in [4.78, 5) is 16.7. The number of hydrogen-bond acceptors (Lipinski definition) is 3. The van der Waals surface area contributed by atoms with E-state index in [9.17, 15) is 9.18 Å². The third-order valence-electron chi connectivity index (χ3n) is 3.46. The zero-order valence-corrected chi connectivity index (χ0v) is 13.0. The van der Waals surface area contributed by atoms with Gasteiger partial charge in [0.05, 0.1) is 29.9 Å². The number of fused-ring (bicyclic) bond motifs is 1. The van der Waals surface area contributed by atoms with E-state index in [1.165, 1.54) is 29.1 Å². The summed E-state index contributed by atoms with van der Waals surface area (Å²) in [6, 6.07) is 11.6. The van der Waals surface area contributed by atoms with Crippen molar-refractivity contribution in [1.82, 2.24) is 9.55 Å². The van der Waals surface area contributed by atoms with Gasteiger partial charge in [-0.3, -0.25) is 9.36 Å². The minimum Gasteiger partial charge on any atom is -0.491 e. The highest BCUT2D eigenvalue weighted by molar-refractivity contribution is 5.77. The Morgan fingerprint density at radius 2 is 2.00 bits per heavy atom. The van der Waals surface area contributed by atoms with Gasteiger partial charge >= 0.3 is 0 Å². The Labute approximate surface area is 133 Å². The lowest BCUT2D eigenvalue weighted by molar-refractivity contribution is 0.239. The van der Waals surface area contributed by atoms with Crippen LogP contribution in [-0.4, -0.2) is 15.7 Å². The molecule has 0 unspecified atom stereocenters. The Balaban J connectivity index is 2.01. The van der Waals surface area contributed by atoms with Crippen molar-refractivity contribution >= 4 is 10.9 Å². The maximum Gasteiger partial charge on any atom is 0.261 e. The van der Waals surface area contributed by atoms with E-state index in [0.717, 1.165) is 11.3 Å². The molecule has 1 heterocycles. The molecule has 3 aromatic rings. The summed E-state index contributed by atoms with van der Waals surface area (Å²) in [6.45, 7) is 4.26. The Morgan fingerprint density at radius 1 is 1.22 bits per heavy atom.